The zero-order valence-electron chi connectivity index (χ0n) is 33.6. The SMILES string of the molecule is CCCCCC/C=C\CCCCCCCC(=O)O[C@H](COC(=O)CCCCCCCCCCCCCCC)CO[C@H]1O[C@H](CS(=O)(=O)O)[C@@H](O)C(O)C1O. The van der Waals surface area contributed by atoms with E-state index in [1.54, 1.807) is 0 Å². The molecule has 0 aromatic rings. The second kappa shape index (κ2) is 32.5. The van der Waals surface area contributed by atoms with Gasteiger partial charge in [0.2, 0.25) is 0 Å². The van der Waals surface area contributed by atoms with Crippen LogP contribution in [0.1, 0.15) is 181 Å². The fourth-order valence-electron chi connectivity index (χ4n) is 6.49. The molecule has 1 saturated heterocycles. The van der Waals surface area contributed by atoms with Crippen molar-refractivity contribution in [3.05, 3.63) is 12.2 Å². The van der Waals surface area contributed by atoms with Crippen LogP contribution in [0.5, 0.6) is 0 Å². The van der Waals surface area contributed by atoms with Crippen LogP contribution < -0.4 is 0 Å². The molecule has 0 spiro atoms. The Balaban J connectivity index is 2.49. The molecule has 4 N–H and O–H groups in total. The number of hydrogen-bond acceptors (Lipinski definition) is 11. The van der Waals surface area contributed by atoms with Crippen LogP contribution in [0.25, 0.3) is 0 Å². The molecule has 2 unspecified atom stereocenters. The molecule has 1 aliphatic rings. The third-order valence-electron chi connectivity index (χ3n) is 9.85. The molecule has 54 heavy (non-hydrogen) atoms. The van der Waals surface area contributed by atoms with Crippen molar-refractivity contribution in [1.29, 1.82) is 0 Å². The van der Waals surface area contributed by atoms with Crippen LogP contribution in [0.2, 0.25) is 0 Å². The number of unbranched alkanes of at least 4 members (excludes halogenated alkanes) is 21. The van der Waals surface area contributed by atoms with Crippen LogP contribution in [0.15, 0.2) is 12.2 Å². The number of rotatable bonds is 35. The van der Waals surface area contributed by atoms with E-state index in [4.69, 9.17) is 18.9 Å². The molecule has 1 heterocycles. The topological polar surface area (TPSA) is 186 Å². The number of esters is 2. The highest BCUT2D eigenvalue weighted by atomic mass is 32.2. The summed E-state index contributed by atoms with van der Waals surface area (Å²) in [6, 6.07) is 0. The van der Waals surface area contributed by atoms with Gasteiger partial charge in [-0.3, -0.25) is 14.1 Å². The van der Waals surface area contributed by atoms with E-state index >= 15 is 0 Å². The third kappa shape index (κ3) is 27.1. The van der Waals surface area contributed by atoms with E-state index in [1.807, 2.05) is 0 Å². The summed E-state index contributed by atoms with van der Waals surface area (Å²) in [7, 11) is -4.60. The van der Waals surface area contributed by atoms with Gasteiger partial charge in [0, 0.05) is 12.8 Å². The predicted molar refractivity (Wildman–Crippen MR) is 210 cm³/mol. The van der Waals surface area contributed by atoms with Gasteiger partial charge in [-0.25, -0.2) is 0 Å². The Bertz CT molecular complexity index is 1070. The standard InChI is InChI=1S/C41H76O12S/c1-3-5-7-9-11-13-15-17-19-21-23-25-27-29-36(42)50-31-34(32-51-41-40(46)39(45)38(44)35(53-41)33-54(47,48)49)52-37(43)30-28-26-24-22-20-18-16-14-12-10-8-6-4-2/h14,16,34-35,38-41,44-46H,3-13,15,17-33H2,1-2H3,(H,47,48,49)/b16-14-/t34-,35-,38-,39?,40?,41+/m1/s1. The Labute approximate surface area is 326 Å². The predicted octanol–water partition coefficient (Wildman–Crippen LogP) is 7.89. The normalized spacial score (nSPS) is 21.0. The number of allylic oxidation sites excluding steroid dienone is 2. The summed E-state index contributed by atoms with van der Waals surface area (Å²) in [5.41, 5.74) is 0. The van der Waals surface area contributed by atoms with Crippen molar-refractivity contribution >= 4 is 22.1 Å². The monoisotopic (exact) mass is 793 g/mol. The van der Waals surface area contributed by atoms with E-state index in [0.29, 0.717) is 12.8 Å². The second-order valence-corrected chi connectivity index (χ2v) is 16.5. The summed E-state index contributed by atoms with van der Waals surface area (Å²) in [6.07, 6.45) is 22.6. The van der Waals surface area contributed by atoms with Crippen molar-refractivity contribution in [3.8, 4) is 0 Å². The molecule has 0 aromatic carbocycles. The summed E-state index contributed by atoms with van der Waals surface area (Å²) in [4.78, 5) is 25.3. The van der Waals surface area contributed by atoms with Crippen molar-refractivity contribution < 1.29 is 56.8 Å². The Morgan fingerprint density at radius 2 is 1.06 bits per heavy atom. The lowest BCUT2D eigenvalue weighted by Gasteiger charge is -2.40. The molecule has 1 aliphatic heterocycles. The zero-order chi connectivity index (χ0) is 39.9. The highest BCUT2D eigenvalue weighted by Crippen LogP contribution is 2.24. The van der Waals surface area contributed by atoms with Gasteiger partial charge in [0.25, 0.3) is 10.1 Å². The number of carbonyl (C=O) groups excluding carboxylic acids is 2. The molecule has 13 heteroatoms. The lowest BCUT2D eigenvalue weighted by Crippen LogP contribution is -2.60. The fourth-order valence-corrected chi connectivity index (χ4v) is 7.19. The number of ether oxygens (including phenoxy) is 4. The summed E-state index contributed by atoms with van der Waals surface area (Å²) in [6.45, 7) is 3.73. The molecule has 0 amide bonds. The largest absolute Gasteiger partial charge is 0.462 e. The quantitative estimate of drug-likeness (QED) is 0.0211. The molecular weight excluding hydrogens is 717 g/mol. The average molecular weight is 793 g/mol. The highest BCUT2D eigenvalue weighted by Gasteiger charge is 2.46. The van der Waals surface area contributed by atoms with Crippen molar-refractivity contribution in [2.24, 2.45) is 0 Å². The van der Waals surface area contributed by atoms with Gasteiger partial charge >= 0.3 is 11.9 Å². The van der Waals surface area contributed by atoms with E-state index < -0.39 is 71.2 Å². The fraction of sp³-hybridized carbons (Fsp3) is 0.902. The van der Waals surface area contributed by atoms with E-state index in [-0.39, 0.29) is 19.4 Å². The molecular formula is C41H76O12S. The van der Waals surface area contributed by atoms with Crippen LogP contribution in [0, 0.1) is 0 Å². The molecule has 6 atom stereocenters. The first-order valence-electron chi connectivity index (χ1n) is 21.2. The lowest BCUT2D eigenvalue weighted by atomic mass is 10.00. The lowest BCUT2D eigenvalue weighted by molar-refractivity contribution is -0.297. The minimum atomic E-state index is -4.60. The van der Waals surface area contributed by atoms with E-state index in [9.17, 15) is 37.9 Å². The van der Waals surface area contributed by atoms with Gasteiger partial charge in [0.05, 0.1) is 6.61 Å². The van der Waals surface area contributed by atoms with Gasteiger partial charge in [-0.2, -0.15) is 8.42 Å². The number of hydrogen-bond donors (Lipinski definition) is 4. The number of aliphatic hydroxyl groups is 3. The van der Waals surface area contributed by atoms with E-state index in [1.165, 1.54) is 83.5 Å². The molecule has 318 valence electrons. The smallest absolute Gasteiger partial charge is 0.306 e. The molecule has 12 nitrogen and oxygen atoms in total. The van der Waals surface area contributed by atoms with Gasteiger partial charge in [-0.1, -0.05) is 142 Å². The molecule has 0 saturated carbocycles. The Morgan fingerprint density at radius 1 is 0.611 bits per heavy atom. The van der Waals surface area contributed by atoms with E-state index in [0.717, 1.165) is 57.8 Å². The third-order valence-corrected chi connectivity index (χ3v) is 10.6. The Kier molecular flexibility index (Phi) is 30.3. The van der Waals surface area contributed by atoms with Crippen LogP contribution in [-0.4, -0.2) is 96.0 Å². The maximum atomic E-state index is 12.8. The Morgan fingerprint density at radius 3 is 1.56 bits per heavy atom. The van der Waals surface area contributed by atoms with Gasteiger partial charge in [-0.05, 0) is 38.5 Å². The van der Waals surface area contributed by atoms with Crippen molar-refractivity contribution in [2.75, 3.05) is 19.0 Å². The van der Waals surface area contributed by atoms with Gasteiger partial charge in [0.15, 0.2) is 12.4 Å². The molecule has 0 aliphatic carbocycles. The summed E-state index contributed by atoms with van der Waals surface area (Å²) in [5.74, 6) is -1.99. The summed E-state index contributed by atoms with van der Waals surface area (Å²) < 4.78 is 53.9. The van der Waals surface area contributed by atoms with Crippen LogP contribution in [0.4, 0.5) is 0 Å². The van der Waals surface area contributed by atoms with Crippen molar-refractivity contribution in [2.45, 2.75) is 218 Å². The van der Waals surface area contributed by atoms with Gasteiger partial charge < -0.3 is 34.3 Å². The Hall–Kier alpha value is -1.61. The maximum Gasteiger partial charge on any atom is 0.306 e. The number of aliphatic hydroxyl groups excluding tert-OH is 3. The highest BCUT2D eigenvalue weighted by molar-refractivity contribution is 7.85. The summed E-state index contributed by atoms with van der Waals surface area (Å²) >= 11 is 0. The van der Waals surface area contributed by atoms with Crippen LogP contribution in [-0.2, 0) is 38.7 Å². The van der Waals surface area contributed by atoms with Crippen LogP contribution in [0.3, 0.4) is 0 Å². The average Bonchev–Trinajstić information content (AvgIpc) is 3.13. The van der Waals surface area contributed by atoms with E-state index in [2.05, 4.69) is 26.0 Å². The minimum Gasteiger partial charge on any atom is -0.462 e. The van der Waals surface area contributed by atoms with Crippen molar-refractivity contribution in [3.63, 3.8) is 0 Å². The van der Waals surface area contributed by atoms with Crippen molar-refractivity contribution in [1.82, 2.24) is 0 Å². The number of carbonyl (C=O) groups is 2. The summed E-state index contributed by atoms with van der Waals surface area (Å²) in [5, 5.41) is 30.8. The molecule has 1 rings (SSSR count). The first kappa shape index (κ1) is 50.4. The first-order valence-corrected chi connectivity index (χ1v) is 22.9. The maximum absolute atomic E-state index is 12.8. The van der Waals surface area contributed by atoms with Gasteiger partial charge in [0.1, 0.15) is 36.8 Å². The van der Waals surface area contributed by atoms with Gasteiger partial charge in [-0.15, -0.1) is 0 Å². The van der Waals surface area contributed by atoms with Crippen LogP contribution >= 0.6 is 0 Å². The minimum absolute atomic E-state index is 0.158. The molecule has 0 aromatic heterocycles. The second-order valence-electron chi connectivity index (χ2n) is 15.0. The molecule has 1 fully saturated rings. The molecule has 0 radical (unpaired) electrons. The molecule has 0 bridgehead atoms. The first-order chi connectivity index (χ1) is 26.0. The zero-order valence-corrected chi connectivity index (χ0v) is 34.4.